The second kappa shape index (κ2) is 6.24. The number of rotatable bonds is 6. The van der Waals surface area contributed by atoms with E-state index in [0.29, 0.717) is 6.04 Å². The summed E-state index contributed by atoms with van der Waals surface area (Å²) in [4.78, 5) is 0. The number of benzene rings is 1. The second-order valence-corrected chi connectivity index (χ2v) is 5.20. The smallest absolute Gasteiger partial charge is 0.124 e. The molecule has 0 spiro atoms. The fourth-order valence-electron chi connectivity index (χ4n) is 2.72. The maximum atomic E-state index is 5.80. The molecule has 1 atom stereocenters. The predicted octanol–water partition coefficient (Wildman–Crippen LogP) is 3.84. The van der Waals surface area contributed by atoms with E-state index in [1.807, 2.05) is 0 Å². The summed E-state index contributed by atoms with van der Waals surface area (Å²) in [6.45, 7) is 8.14. The van der Waals surface area contributed by atoms with Gasteiger partial charge in [0.05, 0.1) is 6.61 Å². The molecule has 0 radical (unpaired) electrons. The van der Waals surface area contributed by atoms with Crippen molar-refractivity contribution in [2.45, 2.75) is 46.1 Å². The number of aryl methyl sites for hydroxylation is 1. The standard InChI is InChI=1S/C16H25NO/c1-4-17-16(13-7-6-8-13)14-11-12(3)9-10-15(14)18-5-2/h9-11,13,16-17H,4-8H2,1-3H3. The minimum atomic E-state index is 0.463. The SMILES string of the molecule is CCNC(c1cc(C)ccc1OCC)C1CCC1. The molecule has 0 saturated heterocycles. The van der Waals surface area contributed by atoms with Crippen molar-refractivity contribution in [1.82, 2.24) is 5.32 Å². The van der Waals surface area contributed by atoms with E-state index in [1.165, 1.54) is 30.4 Å². The van der Waals surface area contributed by atoms with E-state index in [2.05, 4.69) is 44.3 Å². The zero-order chi connectivity index (χ0) is 13.0. The summed E-state index contributed by atoms with van der Waals surface area (Å²) in [6.07, 6.45) is 4.07. The molecule has 0 aliphatic heterocycles. The summed E-state index contributed by atoms with van der Waals surface area (Å²) in [6, 6.07) is 7.01. The lowest BCUT2D eigenvalue weighted by Crippen LogP contribution is -2.32. The summed E-state index contributed by atoms with van der Waals surface area (Å²) < 4.78 is 5.80. The average molecular weight is 247 g/mol. The molecule has 1 aliphatic carbocycles. The third kappa shape index (κ3) is 2.86. The van der Waals surface area contributed by atoms with Crippen molar-refractivity contribution in [3.8, 4) is 5.75 Å². The molecule has 0 amide bonds. The zero-order valence-electron chi connectivity index (χ0n) is 11.8. The van der Waals surface area contributed by atoms with Gasteiger partial charge in [0.2, 0.25) is 0 Å². The monoisotopic (exact) mass is 247 g/mol. The van der Waals surface area contributed by atoms with Crippen LogP contribution in [0.2, 0.25) is 0 Å². The van der Waals surface area contributed by atoms with Crippen molar-refractivity contribution in [3.63, 3.8) is 0 Å². The normalized spacial score (nSPS) is 17.3. The van der Waals surface area contributed by atoms with E-state index in [-0.39, 0.29) is 0 Å². The summed E-state index contributed by atoms with van der Waals surface area (Å²) in [7, 11) is 0. The van der Waals surface area contributed by atoms with Gasteiger partial charge in [0.25, 0.3) is 0 Å². The topological polar surface area (TPSA) is 21.3 Å². The van der Waals surface area contributed by atoms with Gasteiger partial charge < -0.3 is 10.1 Å². The zero-order valence-corrected chi connectivity index (χ0v) is 11.8. The fourth-order valence-corrected chi connectivity index (χ4v) is 2.72. The first-order valence-corrected chi connectivity index (χ1v) is 7.23. The molecule has 18 heavy (non-hydrogen) atoms. The number of hydrogen-bond donors (Lipinski definition) is 1. The van der Waals surface area contributed by atoms with Crippen LogP contribution in [0.3, 0.4) is 0 Å². The molecule has 1 fully saturated rings. The summed E-state index contributed by atoms with van der Waals surface area (Å²) in [5.74, 6) is 1.84. The molecule has 2 heteroatoms. The molecule has 1 aromatic rings. The molecule has 2 nitrogen and oxygen atoms in total. The molecule has 1 aromatic carbocycles. The first-order chi connectivity index (χ1) is 8.76. The van der Waals surface area contributed by atoms with Crippen LogP contribution in [-0.4, -0.2) is 13.2 Å². The first kappa shape index (κ1) is 13.4. The maximum Gasteiger partial charge on any atom is 0.124 e. The maximum absolute atomic E-state index is 5.80. The van der Waals surface area contributed by atoms with Crippen molar-refractivity contribution in [2.24, 2.45) is 5.92 Å². The van der Waals surface area contributed by atoms with Gasteiger partial charge in [0.1, 0.15) is 5.75 Å². The Hall–Kier alpha value is -1.02. The molecular formula is C16H25NO. The van der Waals surface area contributed by atoms with Crippen LogP contribution in [0, 0.1) is 12.8 Å². The lowest BCUT2D eigenvalue weighted by Gasteiger charge is -2.35. The molecule has 1 aliphatic rings. The molecule has 1 unspecified atom stereocenters. The summed E-state index contributed by atoms with van der Waals surface area (Å²) in [5, 5.41) is 3.65. The van der Waals surface area contributed by atoms with Crippen LogP contribution >= 0.6 is 0 Å². The Morgan fingerprint density at radius 1 is 1.33 bits per heavy atom. The molecular weight excluding hydrogens is 222 g/mol. The number of nitrogens with one attached hydrogen (secondary N) is 1. The molecule has 0 aromatic heterocycles. The minimum Gasteiger partial charge on any atom is -0.494 e. The van der Waals surface area contributed by atoms with E-state index in [9.17, 15) is 0 Å². The number of ether oxygens (including phenoxy) is 1. The van der Waals surface area contributed by atoms with Gasteiger partial charge in [-0.1, -0.05) is 31.0 Å². The van der Waals surface area contributed by atoms with E-state index in [4.69, 9.17) is 4.74 Å². The van der Waals surface area contributed by atoms with Gasteiger partial charge in [-0.3, -0.25) is 0 Å². The molecule has 0 heterocycles. The average Bonchev–Trinajstić information content (AvgIpc) is 2.29. The van der Waals surface area contributed by atoms with E-state index in [1.54, 1.807) is 0 Å². The van der Waals surface area contributed by atoms with Crippen LogP contribution in [0.1, 0.15) is 50.3 Å². The quantitative estimate of drug-likeness (QED) is 0.824. The highest BCUT2D eigenvalue weighted by atomic mass is 16.5. The van der Waals surface area contributed by atoms with Crippen molar-refractivity contribution in [3.05, 3.63) is 29.3 Å². The Balaban J connectivity index is 2.28. The van der Waals surface area contributed by atoms with Crippen LogP contribution in [-0.2, 0) is 0 Å². The van der Waals surface area contributed by atoms with Gasteiger partial charge in [-0.15, -0.1) is 0 Å². The van der Waals surface area contributed by atoms with Crippen molar-refractivity contribution < 1.29 is 4.74 Å². The van der Waals surface area contributed by atoms with E-state index < -0.39 is 0 Å². The molecule has 1 N–H and O–H groups in total. The molecule has 0 bridgehead atoms. The Labute approximate surface area is 111 Å². The van der Waals surface area contributed by atoms with Crippen molar-refractivity contribution in [2.75, 3.05) is 13.2 Å². The van der Waals surface area contributed by atoms with Gasteiger partial charge >= 0.3 is 0 Å². The highest BCUT2D eigenvalue weighted by Crippen LogP contribution is 2.40. The van der Waals surface area contributed by atoms with Gasteiger partial charge in [-0.2, -0.15) is 0 Å². The van der Waals surface area contributed by atoms with E-state index in [0.717, 1.165) is 24.8 Å². The van der Waals surface area contributed by atoms with Crippen molar-refractivity contribution in [1.29, 1.82) is 0 Å². The van der Waals surface area contributed by atoms with Crippen molar-refractivity contribution >= 4 is 0 Å². The lowest BCUT2D eigenvalue weighted by atomic mass is 9.76. The Morgan fingerprint density at radius 3 is 2.67 bits per heavy atom. The molecule has 2 rings (SSSR count). The summed E-state index contributed by atoms with van der Waals surface area (Å²) >= 11 is 0. The van der Waals surface area contributed by atoms with Gasteiger partial charge in [0, 0.05) is 11.6 Å². The number of hydrogen-bond acceptors (Lipinski definition) is 2. The van der Waals surface area contributed by atoms with E-state index >= 15 is 0 Å². The summed E-state index contributed by atoms with van der Waals surface area (Å²) in [5.41, 5.74) is 2.67. The molecule has 1 saturated carbocycles. The Morgan fingerprint density at radius 2 is 2.11 bits per heavy atom. The van der Waals surface area contributed by atoms with Gasteiger partial charge in [-0.25, -0.2) is 0 Å². The van der Waals surface area contributed by atoms with Crippen LogP contribution in [0.4, 0.5) is 0 Å². The molecule has 100 valence electrons. The minimum absolute atomic E-state index is 0.463. The highest BCUT2D eigenvalue weighted by molar-refractivity contribution is 5.39. The predicted molar refractivity (Wildman–Crippen MR) is 76.1 cm³/mol. The van der Waals surface area contributed by atoms with Gasteiger partial charge in [0.15, 0.2) is 0 Å². The lowest BCUT2D eigenvalue weighted by molar-refractivity contribution is 0.226. The Kier molecular flexibility index (Phi) is 4.65. The third-order valence-electron chi connectivity index (χ3n) is 3.85. The third-order valence-corrected chi connectivity index (χ3v) is 3.85. The van der Waals surface area contributed by atoms with Crippen LogP contribution < -0.4 is 10.1 Å². The van der Waals surface area contributed by atoms with Crippen LogP contribution in [0.15, 0.2) is 18.2 Å². The highest BCUT2D eigenvalue weighted by Gasteiger charge is 2.29. The fraction of sp³-hybridized carbons (Fsp3) is 0.625. The second-order valence-electron chi connectivity index (χ2n) is 5.20. The first-order valence-electron chi connectivity index (χ1n) is 7.23. The largest absolute Gasteiger partial charge is 0.494 e. The van der Waals surface area contributed by atoms with Crippen LogP contribution in [0.5, 0.6) is 5.75 Å². The Bertz CT molecular complexity index is 385. The van der Waals surface area contributed by atoms with Crippen LogP contribution in [0.25, 0.3) is 0 Å². The van der Waals surface area contributed by atoms with Gasteiger partial charge in [-0.05, 0) is 45.2 Å².